The van der Waals surface area contributed by atoms with Crippen LogP contribution in [0, 0.1) is 0 Å². The van der Waals surface area contributed by atoms with Crippen LogP contribution in [0.3, 0.4) is 0 Å². The zero-order valence-electron chi connectivity index (χ0n) is 2.14. The second kappa shape index (κ2) is 9.04. The van der Waals surface area contributed by atoms with Crippen molar-refractivity contribution in [2.45, 2.75) is 0 Å². The van der Waals surface area contributed by atoms with Gasteiger partial charge in [0.25, 0.3) is 0 Å². The Morgan fingerprint density at radius 3 is 2.00 bits per heavy atom. The van der Waals surface area contributed by atoms with Crippen LogP contribution in [0.2, 0.25) is 0 Å². The summed E-state index contributed by atoms with van der Waals surface area (Å²) in [7, 11) is 0. The minimum atomic E-state index is 0. The molecule has 0 aromatic heterocycles. The molecule has 0 fully saturated rings. The molecule has 1 radical (unpaired) electrons. The molecule has 5 heavy (non-hydrogen) atoms. The van der Waals surface area contributed by atoms with Crippen molar-refractivity contribution in [3.05, 3.63) is 0 Å². The average molecular weight is 116 g/mol. The van der Waals surface area contributed by atoms with Gasteiger partial charge < -0.3 is 9.68 Å². The maximum absolute atomic E-state index is 8.58. The molecule has 0 saturated heterocycles. The van der Waals surface area contributed by atoms with E-state index in [1.165, 1.54) is 0 Å². The Morgan fingerprint density at radius 2 is 2.00 bits per heavy atom. The Labute approximate surface area is 39.3 Å². The van der Waals surface area contributed by atoms with Crippen molar-refractivity contribution in [3.8, 4) is 0 Å². The van der Waals surface area contributed by atoms with E-state index < -0.39 is 0 Å². The Kier molecular flexibility index (Phi) is 16.0. The fourth-order valence-electron chi connectivity index (χ4n) is 0. The van der Waals surface area contributed by atoms with Gasteiger partial charge in [-0.2, -0.15) is 0 Å². The maximum Gasteiger partial charge on any atom is 0 e. The van der Waals surface area contributed by atoms with E-state index in [1.807, 2.05) is 0 Å². The Balaban J connectivity index is 0. The molecule has 0 atom stereocenters. The fourth-order valence-corrected chi connectivity index (χ4v) is 0. The van der Waals surface area contributed by atoms with E-state index in [-0.39, 0.29) is 17.1 Å². The summed E-state index contributed by atoms with van der Waals surface area (Å²) in [4.78, 5) is 11.3. The van der Waals surface area contributed by atoms with Crippen molar-refractivity contribution < 1.29 is 32.0 Å². The van der Waals surface area contributed by atoms with Gasteiger partial charge in [0.15, 0.2) is 0 Å². The van der Waals surface area contributed by atoms with Crippen LogP contribution in [0.15, 0.2) is 0 Å². The van der Waals surface area contributed by atoms with Crippen molar-refractivity contribution in [2.75, 3.05) is 0 Å². The molecular formula is CHMnO3-. The topological polar surface area (TPSA) is 46.5 Å². The van der Waals surface area contributed by atoms with Gasteiger partial charge in [0.2, 0.25) is 0 Å². The zero-order valence-corrected chi connectivity index (χ0v) is 3.32. The Bertz CT molecular complexity index is 20.9. The quantitative estimate of drug-likeness (QED) is 0.218. The largest absolute Gasteiger partial charge is 0.509 e. The van der Waals surface area contributed by atoms with Crippen LogP contribution < -0.4 is 0 Å². The van der Waals surface area contributed by atoms with Crippen molar-refractivity contribution in [1.82, 2.24) is 0 Å². The van der Waals surface area contributed by atoms with E-state index >= 15 is 0 Å². The van der Waals surface area contributed by atoms with Gasteiger partial charge in [0, 0.05) is 17.1 Å². The van der Waals surface area contributed by atoms with Gasteiger partial charge in [0.1, 0.15) is 0 Å². The Morgan fingerprint density at radius 1 is 1.80 bits per heavy atom. The third-order valence-corrected chi connectivity index (χ3v) is 0.0373. The molecule has 0 saturated carbocycles. The molecule has 31 valence electrons. The van der Waals surface area contributed by atoms with Gasteiger partial charge in [-0.3, -0.25) is 0 Å². The van der Waals surface area contributed by atoms with Crippen molar-refractivity contribution in [2.24, 2.45) is 0 Å². The molecule has 0 unspecified atom stereocenters. The predicted octanol–water partition coefficient (Wildman–Crippen LogP) is -0.459. The van der Waals surface area contributed by atoms with E-state index in [4.69, 9.17) is 10.1 Å². The summed E-state index contributed by atoms with van der Waals surface area (Å²) in [6.07, 6.45) is 0. The minimum absolute atomic E-state index is 0. The van der Waals surface area contributed by atoms with Crippen LogP contribution in [-0.4, -0.2) is 11.7 Å². The van der Waals surface area contributed by atoms with E-state index in [0.29, 0.717) is 0 Å². The summed E-state index contributed by atoms with van der Waals surface area (Å²) in [6.45, 7) is 0.736. The van der Waals surface area contributed by atoms with Gasteiger partial charge >= 0.3 is 0 Å². The normalized spacial score (nSPS) is 4.20. The summed E-state index contributed by atoms with van der Waals surface area (Å²) in [5.41, 5.74) is 0. The molecule has 4 heteroatoms. The molecule has 0 bridgehead atoms. The molecule has 0 aliphatic rings. The van der Waals surface area contributed by atoms with E-state index in [1.54, 1.807) is 0 Å². The molecule has 0 heterocycles. The third kappa shape index (κ3) is 16.6. The number of carbonyl (C=O) groups excluding carboxylic acids is 1. The standard InChI is InChI=1S/CHO3.Mn/c2-1-4-3;/h3H;/q-1;. The number of hydrogen-bond donors (Lipinski definition) is 1. The molecule has 0 aromatic rings. The van der Waals surface area contributed by atoms with Crippen molar-refractivity contribution in [1.29, 1.82) is 0 Å². The molecule has 0 rings (SSSR count). The number of hydrogen-bond acceptors (Lipinski definition) is 3. The van der Waals surface area contributed by atoms with Crippen LogP contribution in [0.25, 0.3) is 0 Å². The smallest absolute Gasteiger partial charge is 0 e. The second-order valence-corrected chi connectivity index (χ2v) is 0.175. The van der Waals surface area contributed by atoms with Gasteiger partial charge in [-0.25, -0.2) is 5.26 Å². The van der Waals surface area contributed by atoms with Gasteiger partial charge in [-0.05, 0) is 6.47 Å². The summed E-state index contributed by atoms with van der Waals surface area (Å²) < 4.78 is 0. The first-order chi connectivity index (χ1) is 1.91. The van der Waals surface area contributed by atoms with Crippen LogP contribution in [0.4, 0.5) is 0 Å². The molecule has 0 amide bonds. The maximum atomic E-state index is 8.58. The SMILES string of the molecule is O=[C-]OO.[Mn]. The van der Waals surface area contributed by atoms with E-state index in [9.17, 15) is 0 Å². The summed E-state index contributed by atoms with van der Waals surface area (Å²) in [6, 6.07) is 0. The predicted molar refractivity (Wildman–Crippen MR) is 9.41 cm³/mol. The molecule has 0 aromatic carbocycles. The molecule has 0 spiro atoms. The van der Waals surface area contributed by atoms with E-state index in [2.05, 4.69) is 4.89 Å². The van der Waals surface area contributed by atoms with Crippen LogP contribution in [-0.2, 0) is 26.8 Å². The fraction of sp³-hybridized carbons (Fsp3) is 0. The molecule has 0 aliphatic carbocycles. The first-order valence-corrected chi connectivity index (χ1v) is 0.591. The average Bonchev–Trinajstić information content (AvgIpc) is 1.37. The summed E-state index contributed by atoms with van der Waals surface area (Å²) >= 11 is 0. The first kappa shape index (κ1) is 8.87. The molecule has 3 nitrogen and oxygen atoms in total. The van der Waals surface area contributed by atoms with Gasteiger partial charge in [-0.1, -0.05) is 0 Å². The molecular weight excluding hydrogens is 115 g/mol. The number of rotatable bonds is 1. The Hall–Kier alpha value is -0.0505. The molecule has 0 aliphatic heterocycles. The van der Waals surface area contributed by atoms with E-state index in [0.717, 1.165) is 6.47 Å². The van der Waals surface area contributed by atoms with Crippen LogP contribution >= 0.6 is 0 Å². The summed E-state index contributed by atoms with van der Waals surface area (Å²) in [5.74, 6) is 0. The minimum Gasteiger partial charge on any atom is -0.509 e. The van der Waals surface area contributed by atoms with Gasteiger partial charge in [-0.15, -0.1) is 0 Å². The zero-order chi connectivity index (χ0) is 3.41. The monoisotopic (exact) mass is 116 g/mol. The van der Waals surface area contributed by atoms with Crippen molar-refractivity contribution >= 4 is 6.47 Å². The first-order valence-electron chi connectivity index (χ1n) is 0.591. The van der Waals surface area contributed by atoms with Crippen molar-refractivity contribution in [3.63, 3.8) is 0 Å². The van der Waals surface area contributed by atoms with Gasteiger partial charge in [0.05, 0.1) is 0 Å². The second-order valence-electron chi connectivity index (χ2n) is 0.175. The van der Waals surface area contributed by atoms with Crippen LogP contribution in [0.1, 0.15) is 0 Å². The third-order valence-electron chi connectivity index (χ3n) is 0.0373. The van der Waals surface area contributed by atoms with Crippen LogP contribution in [0.5, 0.6) is 0 Å². The summed E-state index contributed by atoms with van der Waals surface area (Å²) in [5, 5.41) is 6.95. The molecule has 1 N–H and O–H groups in total.